The van der Waals surface area contributed by atoms with E-state index in [1.165, 1.54) is 0 Å². The van der Waals surface area contributed by atoms with E-state index in [0.29, 0.717) is 0 Å². The van der Waals surface area contributed by atoms with Crippen LogP contribution in [0.5, 0.6) is 0 Å². The summed E-state index contributed by atoms with van der Waals surface area (Å²) < 4.78 is 67.9. The first-order valence-corrected chi connectivity index (χ1v) is 21.1. The fraction of sp³-hybridized carbons (Fsp3) is 1.00. The van der Waals surface area contributed by atoms with Gasteiger partial charge in [0.05, 0.1) is 39.6 Å². The highest BCUT2D eigenvalue weighted by Gasteiger charge is 2.58. The Morgan fingerprint density at radius 2 is 0.303 bits per heavy atom. The zero-order valence-corrected chi connectivity index (χ0v) is 34.5. The molecular weight excluding hydrogens is 912 g/mol. The van der Waals surface area contributed by atoms with Gasteiger partial charge in [-0.2, -0.15) is 0 Å². The fourth-order valence-corrected chi connectivity index (χ4v) is 8.93. The number of ether oxygens (including phenoxy) is 12. The van der Waals surface area contributed by atoms with Crippen LogP contribution in [0.3, 0.4) is 0 Å². The molecule has 0 spiro atoms. The van der Waals surface area contributed by atoms with Gasteiger partial charge in [0.25, 0.3) is 0 Å². The van der Waals surface area contributed by atoms with Crippen LogP contribution in [0.4, 0.5) is 0 Å². The molecular formula is C36H60O30. The van der Waals surface area contributed by atoms with Crippen molar-refractivity contribution in [3.8, 4) is 0 Å². The van der Waals surface area contributed by atoms with E-state index < -0.39 is 224 Å². The van der Waals surface area contributed by atoms with E-state index >= 15 is 0 Å². The molecule has 22 saturated heterocycles. The molecule has 22 heterocycles. The molecule has 30 heteroatoms. The lowest BCUT2D eigenvalue weighted by atomic mass is 9.94. The monoisotopic (exact) mass is 972 g/mol. The van der Waals surface area contributed by atoms with Gasteiger partial charge in [-0.1, -0.05) is 0 Å². The summed E-state index contributed by atoms with van der Waals surface area (Å²) in [5, 5.41) is 196. The summed E-state index contributed by atoms with van der Waals surface area (Å²) in [4.78, 5) is 0. The first-order chi connectivity index (χ1) is 31.4. The summed E-state index contributed by atoms with van der Waals surface area (Å²) in [5.41, 5.74) is 0. The minimum absolute atomic E-state index is 0.999. The minimum atomic E-state index is -2.15. The standard InChI is InChI=1S/C36H60O30/c37-1-7-25-13(43)19(49)31(55-7)62-26-8(2-38)57-33(21(51)15(26)45)64-28-10(4-40)59-35(23(53)17(28)47)66-30-12(6-42)60-36(24(54)18(30)48)65-29-11(5-41)58-34(22(52)16(29)46)63-27-9(3-39)56-32(61-25)20(50)14(27)44/h7-54H,1-6H2/t7?,8?,9?,10?,11?,12?,13-,14-,15-,16-,17-,18-,19-,20-,21-,22-,23-,24-,25?,26?,27?,28?,29?,30?,31?,32?,33?,34?,35?,36?/m1/s1. The summed E-state index contributed by atoms with van der Waals surface area (Å²) >= 11 is 0. The first kappa shape index (κ1) is 52.6. The molecule has 12 bridgehead atoms. The molecule has 0 radical (unpaired) electrons. The van der Waals surface area contributed by atoms with Crippen LogP contribution in [0.15, 0.2) is 0 Å². The number of rotatable bonds is 6. The summed E-state index contributed by atoms with van der Waals surface area (Å²) in [5.74, 6) is 0. The maximum atomic E-state index is 11.2. The smallest absolute Gasteiger partial charge is 0.187 e. The lowest BCUT2D eigenvalue weighted by molar-refractivity contribution is -0.404. The van der Waals surface area contributed by atoms with Crippen molar-refractivity contribution in [3.63, 3.8) is 0 Å². The van der Waals surface area contributed by atoms with E-state index in [0.717, 1.165) is 0 Å². The molecule has 22 aliphatic heterocycles. The zero-order chi connectivity index (χ0) is 48.0. The van der Waals surface area contributed by atoms with Gasteiger partial charge >= 0.3 is 0 Å². The predicted molar refractivity (Wildman–Crippen MR) is 196 cm³/mol. The SMILES string of the molecule is OCC1OC2OC3C(CO)OC(OC4C(CO)OC(OC5C(CO)OC(OC6C(CO)OC(OC7C(CO)OC(OC1[C@H](O)[C@H]2O)[C@H](O)[C@H]7O)[C@H](O)[C@H]6O)[C@H](O)[C@H]5O)[C@H](O)[C@H]4O)[C@H](O)[C@H]3O. The quantitative estimate of drug-likeness (QED) is 0.117. The van der Waals surface area contributed by atoms with E-state index in [9.17, 15) is 91.9 Å². The molecule has 22 aliphatic rings. The third-order valence-corrected chi connectivity index (χ3v) is 12.7. The van der Waals surface area contributed by atoms with Crippen LogP contribution >= 0.6 is 0 Å². The Morgan fingerprint density at radius 1 is 0.182 bits per heavy atom. The molecule has 0 aromatic heterocycles. The van der Waals surface area contributed by atoms with Crippen molar-refractivity contribution >= 4 is 0 Å². The van der Waals surface area contributed by atoms with Gasteiger partial charge in [0.1, 0.15) is 146 Å². The van der Waals surface area contributed by atoms with Crippen LogP contribution in [0.1, 0.15) is 0 Å². The topological polar surface area (TPSA) is 475 Å². The molecule has 22 rings (SSSR count). The third kappa shape index (κ3) is 10.0. The van der Waals surface area contributed by atoms with Crippen molar-refractivity contribution in [2.24, 2.45) is 0 Å². The Balaban J connectivity index is 1.19. The summed E-state index contributed by atoms with van der Waals surface area (Å²) in [6.45, 7) is -5.99. The van der Waals surface area contributed by atoms with Crippen LogP contribution in [-0.2, 0) is 56.8 Å². The second-order valence-electron chi connectivity index (χ2n) is 16.8. The largest absolute Gasteiger partial charge is 0.394 e. The second-order valence-corrected chi connectivity index (χ2v) is 16.8. The second kappa shape index (κ2) is 22.1. The average molecular weight is 973 g/mol. The molecule has 0 aromatic rings. The Kier molecular flexibility index (Phi) is 17.6. The lowest BCUT2D eigenvalue weighted by Gasteiger charge is -2.50. The lowest BCUT2D eigenvalue weighted by Crippen LogP contribution is -2.69. The Labute approximate surface area is 372 Å². The summed E-state index contributed by atoms with van der Waals surface area (Å²) in [6, 6.07) is 0. The van der Waals surface area contributed by atoms with Crippen molar-refractivity contribution in [2.75, 3.05) is 39.6 Å². The maximum Gasteiger partial charge on any atom is 0.187 e. The van der Waals surface area contributed by atoms with Crippen LogP contribution in [-0.4, -0.2) is 316 Å². The molecule has 30 atom stereocenters. The molecule has 22 fully saturated rings. The Bertz CT molecular complexity index is 1230. The molecule has 66 heavy (non-hydrogen) atoms. The van der Waals surface area contributed by atoms with Gasteiger partial charge in [-0.25, -0.2) is 0 Å². The van der Waals surface area contributed by atoms with Gasteiger partial charge in [0, 0.05) is 0 Å². The van der Waals surface area contributed by atoms with E-state index in [-0.39, 0.29) is 0 Å². The number of hydrogen-bond acceptors (Lipinski definition) is 30. The summed E-state index contributed by atoms with van der Waals surface area (Å²) in [7, 11) is 0. The molecule has 384 valence electrons. The fourth-order valence-electron chi connectivity index (χ4n) is 8.93. The average Bonchev–Trinajstić information content (AvgIpc) is 3.31. The number of aliphatic hydroxyl groups excluding tert-OH is 18. The molecule has 0 aromatic carbocycles. The molecule has 30 nitrogen and oxygen atoms in total. The van der Waals surface area contributed by atoms with E-state index in [1.54, 1.807) is 0 Å². The van der Waals surface area contributed by atoms with Gasteiger partial charge in [0.15, 0.2) is 37.7 Å². The molecule has 18 unspecified atom stereocenters. The first-order valence-electron chi connectivity index (χ1n) is 21.1. The van der Waals surface area contributed by atoms with Gasteiger partial charge in [-0.15, -0.1) is 0 Å². The van der Waals surface area contributed by atoms with Crippen molar-refractivity contribution in [1.29, 1.82) is 0 Å². The van der Waals surface area contributed by atoms with Crippen LogP contribution < -0.4 is 0 Å². The third-order valence-electron chi connectivity index (χ3n) is 12.7. The van der Waals surface area contributed by atoms with Crippen LogP contribution in [0, 0.1) is 0 Å². The Morgan fingerprint density at radius 3 is 0.409 bits per heavy atom. The van der Waals surface area contributed by atoms with Gasteiger partial charge in [-0.05, 0) is 0 Å². The molecule has 0 amide bonds. The highest BCUT2D eigenvalue weighted by molar-refractivity contribution is 5.01. The van der Waals surface area contributed by atoms with Crippen molar-refractivity contribution in [2.45, 2.75) is 184 Å². The van der Waals surface area contributed by atoms with Crippen LogP contribution in [0.2, 0.25) is 0 Å². The number of hydrogen-bond donors (Lipinski definition) is 18. The maximum absolute atomic E-state index is 11.2. The highest BCUT2D eigenvalue weighted by Crippen LogP contribution is 2.38. The Hall–Kier alpha value is -1.20. The van der Waals surface area contributed by atoms with Crippen molar-refractivity contribution in [1.82, 2.24) is 0 Å². The van der Waals surface area contributed by atoms with E-state index in [1.807, 2.05) is 0 Å². The number of aliphatic hydroxyl groups is 18. The molecule has 0 saturated carbocycles. The van der Waals surface area contributed by atoms with E-state index in [2.05, 4.69) is 0 Å². The van der Waals surface area contributed by atoms with E-state index in [4.69, 9.17) is 56.8 Å². The van der Waals surface area contributed by atoms with Gasteiger partial charge in [0.2, 0.25) is 0 Å². The van der Waals surface area contributed by atoms with Crippen molar-refractivity contribution in [3.05, 3.63) is 0 Å². The van der Waals surface area contributed by atoms with Gasteiger partial charge in [-0.3, -0.25) is 0 Å². The van der Waals surface area contributed by atoms with Crippen molar-refractivity contribution < 1.29 is 149 Å². The zero-order valence-electron chi connectivity index (χ0n) is 34.5. The molecule has 0 aliphatic carbocycles. The molecule has 18 N–H and O–H groups in total. The summed E-state index contributed by atoms with van der Waals surface area (Å²) in [6.07, 6.45) is -58.5. The predicted octanol–water partition coefficient (Wildman–Crippen LogP) is -13.1. The minimum Gasteiger partial charge on any atom is -0.394 e. The van der Waals surface area contributed by atoms with Crippen LogP contribution in [0.25, 0.3) is 0 Å². The van der Waals surface area contributed by atoms with Gasteiger partial charge < -0.3 is 149 Å². The normalized spacial score (nSPS) is 55.4. The highest BCUT2D eigenvalue weighted by atomic mass is 16.8.